The molecule has 4 heteroatoms. The van der Waals surface area contributed by atoms with Crippen molar-refractivity contribution < 1.29 is 9.53 Å². The number of ether oxygens (including phenoxy) is 1. The first kappa shape index (κ1) is 16.8. The van der Waals surface area contributed by atoms with E-state index in [4.69, 9.17) is 4.74 Å². The second-order valence-electron chi connectivity index (χ2n) is 5.96. The van der Waals surface area contributed by atoms with Crippen LogP contribution in [-0.2, 0) is 11.2 Å². The number of hydrogen-bond acceptors (Lipinski definition) is 2. The van der Waals surface area contributed by atoms with E-state index < -0.39 is 0 Å². The van der Waals surface area contributed by atoms with Gasteiger partial charge in [0.2, 0.25) is 5.91 Å². The third-order valence-corrected chi connectivity index (χ3v) is 4.27. The van der Waals surface area contributed by atoms with Crippen molar-refractivity contribution in [3.63, 3.8) is 0 Å². The second kappa shape index (κ2) is 7.71. The topological polar surface area (TPSA) is 54.1 Å². The number of fused-ring (bicyclic) bond motifs is 1. The van der Waals surface area contributed by atoms with E-state index in [-0.39, 0.29) is 5.91 Å². The maximum absolute atomic E-state index is 12.0. The van der Waals surface area contributed by atoms with Gasteiger partial charge in [-0.3, -0.25) is 4.79 Å². The highest BCUT2D eigenvalue weighted by molar-refractivity contribution is 5.92. The molecule has 3 rings (SSSR count). The van der Waals surface area contributed by atoms with Crippen LogP contribution < -0.4 is 10.1 Å². The predicted octanol–water partition coefficient (Wildman–Crippen LogP) is 3.86. The number of aromatic nitrogens is 1. The summed E-state index contributed by atoms with van der Waals surface area (Å²) in [6.07, 6.45) is 6.20. The highest BCUT2D eigenvalue weighted by atomic mass is 16.5. The van der Waals surface area contributed by atoms with Crippen LogP contribution in [0, 0.1) is 6.92 Å². The Kier molecular flexibility index (Phi) is 5.19. The maximum atomic E-state index is 12.0. The summed E-state index contributed by atoms with van der Waals surface area (Å²) in [7, 11) is 1.66. The molecule has 1 aromatic heterocycles. The van der Waals surface area contributed by atoms with Crippen molar-refractivity contribution in [3.05, 3.63) is 71.4 Å². The molecular formula is C21H22N2O2. The zero-order valence-electron chi connectivity index (χ0n) is 14.5. The van der Waals surface area contributed by atoms with Gasteiger partial charge in [0.25, 0.3) is 0 Å². The number of H-pyrrole nitrogens is 1. The monoisotopic (exact) mass is 334 g/mol. The molecule has 1 amide bonds. The van der Waals surface area contributed by atoms with Crippen LogP contribution in [0.3, 0.4) is 0 Å². The minimum Gasteiger partial charge on any atom is -0.497 e. The van der Waals surface area contributed by atoms with Gasteiger partial charge in [0.15, 0.2) is 0 Å². The van der Waals surface area contributed by atoms with E-state index in [0.717, 1.165) is 34.2 Å². The van der Waals surface area contributed by atoms with E-state index in [1.54, 1.807) is 13.2 Å². The molecule has 0 spiro atoms. The molecule has 0 saturated carbocycles. The van der Waals surface area contributed by atoms with Gasteiger partial charge in [0.05, 0.1) is 7.11 Å². The number of carbonyl (C=O) groups excluding carboxylic acids is 1. The minimum absolute atomic E-state index is 0.0789. The van der Waals surface area contributed by atoms with Crippen LogP contribution in [0.25, 0.3) is 17.0 Å². The Bertz CT molecular complexity index is 909. The second-order valence-corrected chi connectivity index (χ2v) is 5.96. The number of nitrogens with one attached hydrogen (secondary N) is 2. The fourth-order valence-electron chi connectivity index (χ4n) is 2.82. The van der Waals surface area contributed by atoms with E-state index in [1.807, 2.05) is 61.7 Å². The lowest BCUT2D eigenvalue weighted by Crippen LogP contribution is -2.23. The van der Waals surface area contributed by atoms with Crippen LogP contribution >= 0.6 is 0 Å². The van der Waals surface area contributed by atoms with E-state index in [0.29, 0.717) is 6.54 Å². The standard InChI is InChI=1S/C21H22N2O2/c1-15-5-3-4-6-16(15)7-10-21(24)22-12-11-17-14-23-20-13-18(25-2)8-9-19(17)20/h3-10,13-14,23H,11-12H2,1-2H3,(H,22,24). The molecular weight excluding hydrogens is 312 g/mol. The number of carbonyl (C=O) groups is 1. The molecule has 0 aliphatic rings. The van der Waals surface area contributed by atoms with Crippen molar-refractivity contribution in [1.29, 1.82) is 0 Å². The van der Waals surface area contributed by atoms with Crippen LogP contribution in [0.4, 0.5) is 0 Å². The van der Waals surface area contributed by atoms with Crippen LogP contribution in [-0.4, -0.2) is 24.5 Å². The molecule has 25 heavy (non-hydrogen) atoms. The number of methoxy groups -OCH3 is 1. The van der Waals surface area contributed by atoms with Crippen LogP contribution in [0.1, 0.15) is 16.7 Å². The lowest BCUT2D eigenvalue weighted by Gasteiger charge is -2.03. The van der Waals surface area contributed by atoms with E-state index >= 15 is 0 Å². The van der Waals surface area contributed by atoms with Gasteiger partial charge in [0.1, 0.15) is 5.75 Å². The number of benzene rings is 2. The Balaban J connectivity index is 1.56. The summed E-state index contributed by atoms with van der Waals surface area (Å²) in [5.41, 5.74) is 4.44. The van der Waals surface area contributed by atoms with Gasteiger partial charge in [-0.2, -0.15) is 0 Å². The van der Waals surface area contributed by atoms with Gasteiger partial charge in [-0.05, 0) is 48.2 Å². The summed E-state index contributed by atoms with van der Waals surface area (Å²) in [5, 5.41) is 4.09. The molecule has 0 aliphatic heterocycles. The van der Waals surface area contributed by atoms with Gasteiger partial charge in [0, 0.05) is 35.8 Å². The first-order valence-electron chi connectivity index (χ1n) is 8.33. The maximum Gasteiger partial charge on any atom is 0.244 e. The molecule has 0 saturated heterocycles. The lowest BCUT2D eigenvalue weighted by molar-refractivity contribution is -0.116. The summed E-state index contributed by atoms with van der Waals surface area (Å²) < 4.78 is 5.23. The first-order valence-corrected chi connectivity index (χ1v) is 8.33. The van der Waals surface area contributed by atoms with Crippen molar-refractivity contribution in [2.24, 2.45) is 0 Å². The van der Waals surface area contributed by atoms with E-state index in [9.17, 15) is 4.79 Å². The van der Waals surface area contributed by atoms with Crippen molar-refractivity contribution in [1.82, 2.24) is 10.3 Å². The number of rotatable bonds is 6. The third kappa shape index (κ3) is 4.10. The van der Waals surface area contributed by atoms with Crippen LogP contribution in [0.2, 0.25) is 0 Å². The molecule has 2 N–H and O–H groups in total. The fourth-order valence-corrected chi connectivity index (χ4v) is 2.82. The Morgan fingerprint density at radius 3 is 2.88 bits per heavy atom. The summed E-state index contributed by atoms with van der Waals surface area (Å²) in [4.78, 5) is 15.2. The molecule has 0 bridgehead atoms. The Morgan fingerprint density at radius 1 is 1.24 bits per heavy atom. The van der Waals surface area contributed by atoms with Gasteiger partial charge in [-0.1, -0.05) is 24.3 Å². The van der Waals surface area contributed by atoms with Gasteiger partial charge >= 0.3 is 0 Å². The largest absolute Gasteiger partial charge is 0.497 e. The summed E-state index contributed by atoms with van der Waals surface area (Å²) in [6, 6.07) is 14.0. The molecule has 4 nitrogen and oxygen atoms in total. The normalized spacial score (nSPS) is 11.1. The molecule has 1 heterocycles. The molecule has 0 aliphatic carbocycles. The molecule has 0 unspecified atom stereocenters. The SMILES string of the molecule is COc1ccc2c(CCNC(=O)C=Cc3ccccc3C)c[nH]c2c1. The third-order valence-electron chi connectivity index (χ3n) is 4.27. The number of aryl methyl sites for hydroxylation is 1. The smallest absolute Gasteiger partial charge is 0.244 e. The Hall–Kier alpha value is -3.01. The van der Waals surface area contributed by atoms with E-state index in [2.05, 4.69) is 10.3 Å². The molecule has 128 valence electrons. The fraction of sp³-hybridized carbons (Fsp3) is 0.190. The molecule has 0 fully saturated rings. The first-order chi connectivity index (χ1) is 12.2. The van der Waals surface area contributed by atoms with Crippen molar-refractivity contribution in [2.75, 3.05) is 13.7 Å². The summed E-state index contributed by atoms with van der Waals surface area (Å²) >= 11 is 0. The van der Waals surface area contributed by atoms with Gasteiger partial charge < -0.3 is 15.0 Å². The van der Waals surface area contributed by atoms with Gasteiger partial charge in [-0.15, -0.1) is 0 Å². The Morgan fingerprint density at radius 2 is 2.08 bits per heavy atom. The van der Waals surface area contributed by atoms with Crippen molar-refractivity contribution in [2.45, 2.75) is 13.3 Å². The van der Waals surface area contributed by atoms with E-state index in [1.165, 1.54) is 5.56 Å². The lowest BCUT2D eigenvalue weighted by atomic mass is 10.1. The van der Waals surface area contributed by atoms with Crippen LogP contribution in [0.15, 0.2) is 54.7 Å². The average Bonchev–Trinajstić information content (AvgIpc) is 3.03. The molecule has 2 aromatic carbocycles. The summed E-state index contributed by atoms with van der Waals surface area (Å²) in [6.45, 7) is 2.62. The zero-order valence-corrected chi connectivity index (χ0v) is 14.5. The Labute approximate surface area is 147 Å². The van der Waals surface area contributed by atoms with Crippen molar-refractivity contribution >= 4 is 22.9 Å². The predicted molar refractivity (Wildman–Crippen MR) is 102 cm³/mol. The van der Waals surface area contributed by atoms with Crippen molar-refractivity contribution in [3.8, 4) is 5.75 Å². The minimum atomic E-state index is -0.0789. The molecule has 0 radical (unpaired) electrons. The van der Waals surface area contributed by atoms with Gasteiger partial charge in [-0.25, -0.2) is 0 Å². The highest BCUT2D eigenvalue weighted by Gasteiger charge is 2.05. The highest BCUT2D eigenvalue weighted by Crippen LogP contribution is 2.23. The van der Waals surface area contributed by atoms with Crippen LogP contribution in [0.5, 0.6) is 5.75 Å². The number of amides is 1. The molecule has 0 atom stereocenters. The number of hydrogen-bond donors (Lipinski definition) is 2. The molecule has 3 aromatic rings. The zero-order chi connectivity index (χ0) is 17.6. The quantitative estimate of drug-likeness (QED) is 0.673. The number of aromatic amines is 1. The summed E-state index contributed by atoms with van der Waals surface area (Å²) in [5.74, 6) is 0.750. The average molecular weight is 334 g/mol.